The van der Waals surface area contributed by atoms with Crippen LogP contribution < -0.4 is 24.4 Å². The van der Waals surface area contributed by atoms with Gasteiger partial charge in [0.25, 0.3) is 0 Å². The number of amides is 1. The molecule has 1 saturated heterocycles. The lowest BCUT2D eigenvalue weighted by Gasteiger charge is -2.35. The highest BCUT2D eigenvalue weighted by Gasteiger charge is 2.27. The highest BCUT2D eigenvalue weighted by molar-refractivity contribution is 5.98. The number of methoxy groups -OCH3 is 2. The molecule has 174 valence electrons. The number of carbonyl (C=O) groups excluding carboxylic acids is 1. The third kappa shape index (κ3) is 6.05. The van der Waals surface area contributed by atoms with Crippen molar-refractivity contribution in [3.63, 3.8) is 0 Å². The molecule has 1 aliphatic rings. The van der Waals surface area contributed by atoms with Gasteiger partial charge in [-0.3, -0.25) is 14.5 Å². The number of nitrogens with one attached hydrogen (secondary N) is 1. The minimum Gasteiger partial charge on any atom is -0.496 e. The Hall–Kier alpha value is -3.43. The van der Waals surface area contributed by atoms with Crippen molar-refractivity contribution in [2.45, 2.75) is 13.3 Å². The number of ether oxygens (including phenoxy) is 3. The highest BCUT2D eigenvalue weighted by Crippen LogP contribution is 2.27. The van der Waals surface area contributed by atoms with Crippen LogP contribution in [-0.2, 0) is 11.8 Å². The monoisotopic (exact) mass is 444 g/mol. The van der Waals surface area contributed by atoms with Crippen molar-refractivity contribution in [2.75, 3.05) is 58.5 Å². The Morgan fingerprint density at radius 1 is 1.16 bits per heavy atom. The summed E-state index contributed by atoms with van der Waals surface area (Å²) in [6.07, 6.45) is 4.30. The van der Waals surface area contributed by atoms with Crippen LogP contribution in [0, 0.1) is 0 Å². The second-order valence-corrected chi connectivity index (χ2v) is 7.33. The van der Waals surface area contributed by atoms with Crippen LogP contribution in [-0.4, -0.2) is 80.1 Å². The van der Waals surface area contributed by atoms with Crippen molar-refractivity contribution in [1.82, 2.24) is 20.0 Å². The Labute approximate surface area is 188 Å². The largest absolute Gasteiger partial charge is 0.496 e. The average Bonchev–Trinajstić information content (AvgIpc) is 3.23. The standard InChI is InChI=1S/C22H32N6O4/c1-5-23-22(27-8-9-28(21(29)16-27)17-14-25-26(2)15-17)24-7-6-10-32-20-12-18(30-3)11-19(13-20)31-4/h11-15H,5-10,16H2,1-4H3,(H,23,24). The van der Waals surface area contributed by atoms with Crippen molar-refractivity contribution >= 4 is 17.6 Å². The molecule has 1 aromatic heterocycles. The molecule has 0 spiro atoms. The summed E-state index contributed by atoms with van der Waals surface area (Å²) in [6, 6.07) is 5.45. The zero-order valence-electron chi connectivity index (χ0n) is 19.2. The number of hydrogen-bond donors (Lipinski definition) is 1. The van der Waals surface area contributed by atoms with Gasteiger partial charge in [0.1, 0.15) is 23.8 Å². The first-order valence-corrected chi connectivity index (χ1v) is 10.7. The Kier molecular flexibility index (Phi) is 8.18. The molecule has 0 saturated carbocycles. The van der Waals surface area contributed by atoms with Crippen LogP contribution in [0.1, 0.15) is 13.3 Å². The van der Waals surface area contributed by atoms with E-state index < -0.39 is 0 Å². The first-order chi connectivity index (χ1) is 15.5. The van der Waals surface area contributed by atoms with Crippen LogP contribution in [0.3, 0.4) is 0 Å². The number of piperazine rings is 1. The maximum Gasteiger partial charge on any atom is 0.246 e. The van der Waals surface area contributed by atoms with Crippen molar-refractivity contribution in [1.29, 1.82) is 0 Å². The third-order valence-electron chi connectivity index (χ3n) is 5.02. The number of nitrogens with zero attached hydrogens (tertiary/aromatic N) is 5. The molecule has 0 radical (unpaired) electrons. The van der Waals surface area contributed by atoms with Gasteiger partial charge in [0.15, 0.2) is 5.96 Å². The van der Waals surface area contributed by atoms with Gasteiger partial charge in [-0.25, -0.2) is 0 Å². The van der Waals surface area contributed by atoms with Crippen molar-refractivity contribution in [3.8, 4) is 17.2 Å². The van der Waals surface area contributed by atoms with Crippen molar-refractivity contribution in [3.05, 3.63) is 30.6 Å². The molecule has 0 bridgehead atoms. The summed E-state index contributed by atoms with van der Waals surface area (Å²) in [5.74, 6) is 2.83. The molecule has 1 N–H and O–H groups in total. The Morgan fingerprint density at radius 3 is 2.47 bits per heavy atom. The molecule has 2 heterocycles. The van der Waals surface area contributed by atoms with E-state index in [-0.39, 0.29) is 12.5 Å². The normalized spacial score (nSPS) is 14.5. The summed E-state index contributed by atoms with van der Waals surface area (Å²) in [5.41, 5.74) is 0.824. The predicted molar refractivity (Wildman–Crippen MR) is 123 cm³/mol. The number of aromatic nitrogens is 2. The number of benzene rings is 1. The molecule has 3 rings (SSSR count). The molecule has 0 atom stereocenters. The quantitative estimate of drug-likeness (QED) is 0.356. The van der Waals surface area contributed by atoms with Gasteiger partial charge in [0, 0.05) is 64.0 Å². The zero-order valence-corrected chi connectivity index (χ0v) is 19.2. The molecular weight excluding hydrogens is 412 g/mol. The topological polar surface area (TPSA) is 93.5 Å². The SMILES string of the molecule is CCNC(=NCCCOc1cc(OC)cc(OC)c1)N1CCN(c2cnn(C)c2)C(=O)C1. The van der Waals surface area contributed by atoms with Gasteiger partial charge in [-0.05, 0) is 6.92 Å². The van der Waals surface area contributed by atoms with Crippen LogP contribution in [0.4, 0.5) is 5.69 Å². The van der Waals surface area contributed by atoms with Crippen molar-refractivity contribution in [2.24, 2.45) is 12.0 Å². The summed E-state index contributed by atoms with van der Waals surface area (Å²) < 4.78 is 18.1. The molecule has 0 unspecified atom stereocenters. The van der Waals surface area contributed by atoms with E-state index in [4.69, 9.17) is 14.2 Å². The van der Waals surface area contributed by atoms with E-state index in [0.717, 1.165) is 24.6 Å². The van der Waals surface area contributed by atoms with Gasteiger partial charge in [0.05, 0.1) is 32.7 Å². The summed E-state index contributed by atoms with van der Waals surface area (Å²) in [6.45, 7) is 5.41. The molecule has 1 aromatic carbocycles. The first kappa shape index (κ1) is 23.2. The van der Waals surface area contributed by atoms with E-state index >= 15 is 0 Å². The molecule has 2 aromatic rings. The first-order valence-electron chi connectivity index (χ1n) is 10.7. The van der Waals surface area contributed by atoms with Gasteiger partial charge in [-0.1, -0.05) is 0 Å². The van der Waals surface area contributed by atoms with Gasteiger partial charge in [-0.2, -0.15) is 5.10 Å². The number of rotatable bonds is 9. The minimum atomic E-state index is 0.0326. The summed E-state index contributed by atoms with van der Waals surface area (Å²) in [7, 11) is 5.06. The molecule has 1 fully saturated rings. The number of hydrogen-bond acceptors (Lipinski definition) is 6. The van der Waals surface area contributed by atoms with Gasteiger partial charge in [-0.15, -0.1) is 0 Å². The molecule has 0 aliphatic carbocycles. The van der Waals surface area contributed by atoms with E-state index in [1.165, 1.54) is 0 Å². The highest BCUT2D eigenvalue weighted by atomic mass is 16.5. The number of carbonyl (C=O) groups is 1. The van der Waals surface area contributed by atoms with E-state index in [2.05, 4.69) is 15.4 Å². The van der Waals surface area contributed by atoms with Crippen molar-refractivity contribution < 1.29 is 19.0 Å². The average molecular weight is 445 g/mol. The zero-order chi connectivity index (χ0) is 22.9. The van der Waals surface area contributed by atoms with Gasteiger partial charge >= 0.3 is 0 Å². The second kappa shape index (κ2) is 11.3. The number of aliphatic imine (C=N–C) groups is 1. The van der Waals surface area contributed by atoms with E-state index in [9.17, 15) is 4.79 Å². The maximum absolute atomic E-state index is 12.7. The lowest BCUT2D eigenvalue weighted by molar-refractivity contribution is -0.120. The Balaban J connectivity index is 1.51. The Bertz CT molecular complexity index is 907. The van der Waals surface area contributed by atoms with Crippen LogP contribution in [0.5, 0.6) is 17.2 Å². The molecule has 1 aliphatic heterocycles. The predicted octanol–water partition coefficient (Wildman–Crippen LogP) is 1.52. The maximum atomic E-state index is 12.7. The molecule has 10 heteroatoms. The van der Waals surface area contributed by atoms with Gasteiger partial charge in [0.2, 0.25) is 5.91 Å². The fourth-order valence-corrected chi connectivity index (χ4v) is 3.40. The fraction of sp³-hybridized carbons (Fsp3) is 0.500. The summed E-state index contributed by atoms with van der Waals surface area (Å²) in [5, 5.41) is 7.44. The van der Waals surface area contributed by atoms with E-state index in [0.29, 0.717) is 43.5 Å². The number of guanidine groups is 1. The van der Waals surface area contributed by atoms with Crippen LogP contribution in [0.15, 0.2) is 35.6 Å². The van der Waals surface area contributed by atoms with Crippen LogP contribution in [0.2, 0.25) is 0 Å². The molecule has 1 amide bonds. The van der Waals surface area contributed by atoms with E-state index in [1.807, 2.05) is 37.2 Å². The van der Waals surface area contributed by atoms with E-state index in [1.54, 1.807) is 36.1 Å². The fourth-order valence-electron chi connectivity index (χ4n) is 3.40. The van der Waals surface area contributed by atoms with Crippen LogP contribution in [0.25, 0.3) is 0 Å². The molecular formula is C22H32N6O4. The second-order valence-electron chi connectivity index (χ2n) is 7.33. The number of aryl methyl sites for hydroxylation is 1. The number of anilines is 1. The van der Waals surface area contributed by atoms with Crippen LogP contribution >= 0.6 is 0 Å². The smallest absolute Gasteiger partial charge is 0.246 e. The third-order valence-corrected chi connectivity index (χ3v) is 5.02. The minimum absolute atomic E-state index is 0.0326. The summed E-state index contributed by atoms with van der Waals surface area (Å²) >= 11 is 0. The van der Waals surface area contributed by atoms with Gasteiger partial charge < -0.3 is 29.3 Å². The molecule has 32 heavy (non-hydrogen) atoms. The summed E-state index contributed by atoms with van der Waals surface area (Å²) in [4.78, 5) is 21.1. The Morgan fingerprint density at radius 2 is 1.88 bits per heavy atom. The molecule has 10 nitrogen and oxygen atoms in total. The lowest BCUT2D eigenvalue weighted by Crippen LogP contribution is -2.55. The lowest BCUT2D eigenvalue weighted by atomic mass is 10.3.